The highest BCUT2D eigenvalue weighted by molar-refractivity contribution is 7.98. The number of hydrogen-bond donors (Lipinski definition) is 1. The van der Waals surface area contributed by atoms with Crippen molar-refractivity contribution in [3.05, 3.63) is 119 Å². The first-order chi connectivity index (χ1) is 18.3. The number of halogens is 4. The Morgan fingerprint density at radius 3 is 2.42 bits per heavy atom. The van der Waals surface area contributed by atoms with Crippen molar-refractivity contribution in [2.75, 3.05) is 0 Å². The summed E-state index contributed by atoms with van der Waals surface area (Å²) in [6.45, 7) is 0.0996. The third kappa shape index (κ3) is 5.69. The summed E-state index contributed by atoms with van der Waals surface area (Å²) in [5, 5.41) is 14.4. The Kier molecular flexibility index (Phi) is 7.40. The summed E-state index contributed by atoms with van der Waals surface area (Å²) in [5.41, 5.74) is 1.26. The van der Waals surface area contributed by atoms with Gasteiger partial charge < -0.3 is 5.32 Å². The molecule has 0 spiro atoms. The van der Waals surface area contributed by atoms with E-state index in [1.54, 1.807) is 28.8 Å². The number of hydrogen-bond acceptors (Lipinski definition) is 4. The molecule has 5 nitrogen and oxygen atoms in total. The van der Waals surface area contributed by atoms with Crippen molar-refractivity contribution < 1.29 is 18.0 Å². The first-order valence-electron chi connectivity index (χ1n) is 11.5. The third-order valence-electron chi connectivity index (χ3n) is 5.86. The van der Waals surface area contributed by atoms with E-state index in [4.69, 9.17) is 11.6 Å². The summed E-state index contributed by atoms with van der Waals surface area (Å²) >= 11 is 7.55. The van der Waals surface area contributed by atoms with E-state index in [-0.39, 0.29) is 12.5 Å². The quantitative estimate of drug-likeness (QED) is 0.215. The summed E-state index contributed by atoms with van der Waals surface area (Å²) in [6, 6.07) is 25.3. The Bertz CT molecular complexity index is 1600. The highest BCUT2D eigenvalue weighted by Crippen LogP contribution is 2.31. The van der Waals surface area contributed by atoms with Crippen LogP contribution in [0.1, 0.15) is 27.3 Å². The number of aromatic nitrogens is 3. The molecule has 5 aromatic rings. The van der Waals surface area contributed by atoms with Gasteiger partial charge in [-0.2, -0.15) is 13.2 Å². The van der Waals surface area contributed by atoms with Gasteiger partial charge in [0.15, 0.2) is 11.0 Å². The predicted molar refractivity (Wildman–Crippen MR) is 142 cm³/mol. The molecule has 192 valence electrons. The van der Waals surface area contributed by atoms with Gasteiger partial charge in [-0.1, -0.05) is 78.0 Å². The first kappa shape index (κ1) is 25.8. The lowest BCUT2D eigenvalue weighted by molar-refractivity contribution is -0.137. The lowest BCUT2D eigenvalue weighted by Gasteiger charge is -2.12. The Morgan fingerprint density at radius 1 is 0.921 bits per heavy atom. The fraction of sp³-hybridized carbons (Fsp3) is 0.107. The van der Waals surface area contributed by atoms with Gasteiger partial charge in [-0.25, -0.2) is 0 Å². The number of thioether (sulfide) groups is 1. The molecule has 0 aliphatic heterocycles. The van der Waals surface area contributed by atoms with Gasteiger partial charge in [0.2, 0.25) is 0 Å². The third-order valence-corrected chi connectivity index (χ3v) is 7.09. The van der Waals surface area contributed by atoms with Gasteiger partial charge in [0.25, 0.3) is 5.91 Å². The minimum absolute atomic E-state index is 0.0996. The molecule has 1 amide bonds. The van der Waals surface area contributed by atoms with Crippen LogP contribution in [0.4, 0.5) is 13.2 Å². The van der Waals surface area contributed by atoms with Crippen molar-refractivity contribution in [2.45, 2.75) is 23.6 Å². The molecule has 5 rings (SSSR count). The molecule has 0 radical (unpaired) electrons. The van der Waals surface area contributed by atoms with Crippen molar-refractivity contribution >= 4 is 40.0 Å². The Morgan fingerprint density at radius 2 is 1.66 bits per heavy atom. The number of carbonyl (C=O) groups excluding carboxylic acids is 1. The second-order valence-electron chi connectivity index (χ2n) is 8.41. The van der Waals surface area contributed by atoms with Crippen LogP contribution in [0.3, 0.4) is 0 Å². The molecule has 4 aromatic carbocycles. The molecule has 0 unspecified atom stereocenters. The molecule has 1 heterocycles. The van der Waals surface area contributed by atoms with Crippen LogP contribution in [0.5, 0.6) is 0 Å². The zero-order chi connectivity index (χ0) is 26.7. The van der Waals surface area contributed by atoms with E-state index in [1.807, 2.05) is 42.5 Å². The van der Waals surface area contributed by atoms with Gasteiger partial charge in [0.05, 0.1) is 17.8 Å². The van der Waals surface area contributed by atoms with Crippen LogP contribution in [0.15, 0.2) is 96.2 Å². The topological polar surface area (TPSA) is 59.8 Å². The zero-order valence-electron chi connectivity index (χ0n) is 19.7. The minimum atomic E-state index is -4.39. The minimum Gasteiger partial charge on any atom is -0.345 e. The van der Waals surface area contributed by atoms with Crippen LogP contribution in [-0.4, -0.2) is 20.7 Å². The smallest absolute Gasteiger partial charge is 0.345 e. The SMILES string of the molecule is O=C(NCc1nnc(SCc2ccc(C(F)(F)F)cc2)n1-c1cccc(Cl)c1)c1cccc2ccccc12. The largest absolute Gasteiger partial charge is 0.416 e. The summed E-state index contributed by atoms with van der Waals surface area (Å²) in [4.78, 5) is 13.1. The molecule has 0 fully saturated rings. The van der Waals surface area contributed by atoms with E-state index in [2.05, 4.69) is 15.5 Å². The van der Waals surface area contributed by atoms with Crippen LogP contribution >= 0.6 is 23.4 Å². The summed E-state index contributed by atoms with van der Waals surface area (Å²) in [6.07, 6.45) is -4.39. The van der Waals surface area contributed by atoms with Crippen LogP contribution in [0, 0.1) is 0 Å². The number of rotatable bonds is 7. The highest BCUT2D eigenvalue weighted by atomic mass is 35.5. The van der Waals surface area contributed by atoms with Gasteiger partial charge in [-0.15, -0.1) is 10.2 Å². The summed E-state index contributed by atoms with van der Waals surface area (Å²) in [5.74, 6) is 0.608. The number of amides is 1. The van der Waals surface area contributed by atoms with E-state index < -0.39 is 11.7 Å². The van der Waals surface area contributed by atoms with Crippen LogP contribution in [0.2, 0.25) is 5.02 Å². The molecule has 0 saturated heterocycles. The number of fused-ring (bicyclic) bond motifs is 1. The number of alkyl halides is 3. The fourth-order valence-electron chi connectivity index (χ4n) is 4.00. The van der Waals surface area contributed by atoms with Gasteiger partial charge in [-0.05, 0) is 52.7 Å². The van der Waals surface area contributed by atoms with Crippen LogP contribution in [-0.2, 0) is 18.5 Å². The van der Waals surface area contributed by atoms with Gasteiger partial charge >= 0.3 is 6.18 Å². The van der Waals surface area contributed by atoms with Gasteiger partial charge in [0.1, 0.15) is 0 Å². The van der Waals surface area contributed by atoms with Crippen molar-refractivity contribution in [3.63, 3.8) is 0 Å². The highest BCUT2D eigenvalue weighted by Gasteiger charge is 2.30. The number of nitrogens with one attached hydrogen (secondary N) is 1. The maximum Gasteiger partial charge on any atom is 0.416 e. The van der Waals surface area contributed by atoms with E-state index in [0.29, 0.717) is 38.6 Å². The van der Waals surface area contributed by atoms with E-state index >= 15 is 0 Å². The molecular weight excluding hydrogens is 533 g/mol. The Labute approximate surface area is 225 Å². The van der Waals surface area contributed by atoms with Crippen molar-refractivity contribution in [3.8, 4) is 5.69 Å². The summed E-state index contributed by atoms with van der Waals surface area (Å²) < 4.78 is 40.5. The molecule has 0 bridgehead atoms. The second kappa shape index (κ2) is 10.9. The standard InChI is InChI=1S/C28H20ClF3N4OS/c29-21-7-4-8-22(15-21)36-25(16-33-26(37)24-10-3-6-19-5-1-2-9-23(19)24)34-35-27(36)38-17-18-11-13-20(14-12-18)28(30,31)32/h1-15H,16-17H2,(H,33,37). The summed E-state index contributed by atoms with van der Waals surface area (Å²) in [7, 11) is 0. The van der Waals surface area contributed by atoms with Crippen molar-refractivity contribution in [1.29, 1.82) is 0 Å². The number of benzene rings is 4. The van der Waals surface area contributed by atoms with Crippen LogP contribution in [0.25, 0.3) is 16.5 Å². The molecule has 0 saturated carbocycles. The number of nitrogens with zero attached hydrogens (tertiary/aromatic N) is 3. The first-order valence-corrected chi connectivity index (χ1v) is 12.9. The average Bonchev–Trinajstić information content (AvgIpc) is 3.32. The zero-order valence-corrected chi connectivity index (χ0v) is 21.3. The monoisotopic (exact) mass is 552 g/mol. The number of carbonyl (C=O) groups is 1. The lowest BCUT2D eigenvalue weighted by atomic mass is 10.0. The van der Waals surface area contributed by atoms with Gasteiger partial charge in [0, 0.05) is 16.3 Å². The second-order valence-corrected chi connectivity index (χ2v) is 9.79. The van der Waals surface area contributed by atoms with Gasteiger partial charge in [-0.3, -0.25) is 9.36 Å². The normalized spacial score (nSPS) is 11.6. The molecule has 0 atom stereocenters. The molecular formula is C28H20ClF3N4OS. The van der Waals surface area contributed by atoms with E-state index in [1.165, 1.54) is 23.9 Å². The molecule has 38 heavy (non-hydrogen) atoms. The van der Waals surface area contributed by atoms with E-state index in [9.17, 15) is 18.0 Å². The van der Waals surface area contributed by atoms with Crippen molar-refractivity contribution in [2.24, 2.45) is 0 Å². The average molecular weight is 553 g/mol. The van der Waals surface area contributed by atoms with Crippen LogP contribution < -0.4 is 5.32 Å². The lowest BCUT2D eigenvalue weighted by Crippen LogP contribution is -2.25. The molecule has 0 aliphatic rings. The Balaban J connectivity index is 1.38. The fourth-order valence-corrected chi connectivity index (χ4v) is 5.11. The molecule has 1 N–H and O–H groups in total. The molecule has 1 aromatic heterocycles. The maximum atomic E-state index is 13.1. The Hall–Kier alpha value is -3.82. The predicted octanol–water partition coefficient (Wildman–Crippen LogP) is 7.32. The molecule has 0 aliphatic carbocycles. The molecule has 10 heteroatoms. The van der Waals surface area contributed by atoms with E-state index in [0.717, 1.165) is 22.9 Å². The maximum absolute atomic E-state index is 13.1. The van der Waals surface area contributed by atoms with Crippen molar-refractivity contribution in [1.82, 2.24) is 20.1 Å².